The van der Waals surface area contributed by atoms with Gasteiger partial charge in [0.05, 0.1) is 5.56 Å². The Morgan fingerprint density at radius 1 is 1.29 bits per heavy atom. The Morgan fingerprint density at radius 2 is 1.95 bits per heavy atom. The van der Waals surface area contributed by atoms with E-state index in [-0.39, 0.29) is 11.8 Å². The Bertz CT molecular complexity index is 694. The predicted molar refractivity (Wildman–Crippen MR) is 84.2 cm³/mol. The van der Waals surface area contributed by atoms with Crippen LogP contribution in [0.25, 0.3) is 10.4 Å². The SMILES string of the molecule is C[C@@H]1C[C@@H]1C(=O)Nc1sc(-c2ccccc2)cc1C(N)=O. The van der Waals surface area contributed by atoms with Crippen LogP contribution in [0, 0.1) is 11.8 Å². The summed E-state index contributed by atoms with van der Waals surface area (Å²) in [5, 5.41) is 3.40. The van der Waals surface area contributed by atoms with Crippen molar-refractivity contribution in [2.24, 2.45) is 17.6 Å². The van der Waals surface area contributed by atoms with E-state index in [9.17, 15) is 9.59 Å². The monoisotopic (exact) mass is 300 g/mol. The molecule has 1 saturated carbocycles. The molecule has 2 aromatic rings. The molecule has 0 aliphatic heterocycles. The van der Waals surface area contributed by atoms with E-state index < -0.39 is 5.91 Å². The van der Waals surface area contributed by atoms with Gasteiger partial charge in [-0.2, -0.15) is 0 Å². The van der Waals surface area contributed by atoms with Gasteiger partial charge in [-0.15, -0.1) is 11.3 Å². The van der Waals surface area contributed by atoms with Crippen LogP contribution in [0.1, 0.15) is 23.7 Å². The zero-order chi connectivity index (χ0) is 15.0. The molecule has 3 N–H and O–H groups in total. The third-order valence-electron chi connectivity index (χ3n) is 3.74. The molecule has 0 unspecified atom stereocenters. The second-order valence-corrected chi connectivity index (χ2v) is 6.44. The van der Waals surface area contributed by atoms with Crippen LogP contribution in [0.5, 0.6) is 0 Å². The van der Waals surface area contributed by atoms with Gasteiger partial charge in [-0.25, -0.2) is 0 Å². The van der Waals surface area contributed by atoms with E-state index in [0.717, 1.165) is 16.9 Å². The number of carbonyl (C=O) groups excluding carboxylic acids is 2. The summed E-state index contributed by atoms with van der Waals surface area (Å²) >= 11 is 1.38. The molecule has 0 bridgehead atoms. The first kappa shape index (κ1) is 13.8. The largest absolute Gasteiger partial charge is 0.366 e. The smallest absolute Gasteiger partial charge is 0.251 e. The van der Waals surface area contributed by atoms with Crippen molar-refractivity contribution in [3.8, 4) is 10.4 Å². The lowest BCUT2D eigenvalue weighted by Gasteiger charge is -2.03. The third kappa shape index (κ3) is 2.83. The summed E-state index contributed by atoms with van der Waals surface area (Å²) in [7, 11) is 0. The fourth-order valence-electron chi connectivity index (χ4n) is 2.30. The van der Waals surface area contributed by atoms with E-state index in [0.29, 0.717) is 16.5 Å². The summed E-state index contributed by atoms with van der Waals surface area (Å²) in [6.45, 7) is 2.04. The maximum absolute atomic E-state index is 12.0. The summed E-state index contributed by atoms with van der Waals surface area (Å²) in [5.41, 5.74) is 6.80. The maximum atomic E-state index is 12.0. The quantitative estimate of drug-likeness (QED) is 0.910. The van der Waals surface area contributed by atoms with E-state index >= 15 is 0 Å². The predicted octanol–water partition coefficient (Wildman–Crippen LogP) is 3.11. The molecule has 1 fully saturated rings. The topological polar surface area (TPSA) is 72.2 Å². The van der Waals surface area contributed by atoms with E-state index in [2.05, 4.69) is 5.32 Å². The van der Waals surface area contributed by atoms with Gasteiger partial charge in [0.15, 0.2) is 0 Å². The molecule has 0 saturated heterocycles. The summed E-state index contributed by atoms with van der Waals surface area (Å²) in [6.07, 6.45) is 0.911. The van der Waals surface area contributed by atoms with Crippen molar-refractivity contribution < 1.29 is 9.59 Å². The second-order valence-electron chi connectivity index (χ2n) is 5.39. The number of anilines is 1. The zero-order valence-electron chi connectivity index (χ0n) is 11.6. The molecule has 1 aliphatic rings. The number of hydrogen-bond donors (Lipinski definition) is 2. The van der Waals surface area contributed by atoms with Crippen LogP contribution in [-0.4, -0.2) is 11.8 Å². The third-order valence-corrected chi connectivity index (χ3v) is 4.84. The van der Waals surface area contributed by atoms with Crippen LogP contribution in [0.2, 0.25) is 0 Å². The van der Waals surface area contributed by atoms with E-state index in [1.54, 1.807) is 6.07 Å². The molecule has 2 amide bonds. The highest BCUT2D eigenvalue weighted by Crippen LogP contribution is 2.40. The van der Waals surface area contributed by atoms with Crippen molar-refractivity contribution in [3.05, 3.63) is 42.0 Å². The zero-order valence-corrected chi connectivity index (χ0v) is 12.4. The summed E-state index contributed by atoms with van der Waals surface area (Å²) in [5.74, 6) is -0.0531. The molecule has 0 spiro atoms. The van der Waals surface area contributed by atoms with Crippen molar-refractivity contribution in [1.29, 1.82) is 0 Å². The Labute approximate surface area is 127 Å². The maximum Gasteiger partial charge on any atom is 0.251 e. The van der Waals surface area contributed by atoms with Gasteiger partial charge in [0.2, 0.25) is 5.91 Å². The first-order valence-electron chi connectivity index (χ1n) is 6.86. The molecular formula is C16H16N2O2S. The van der Waals surface area contributed by atoms with Gasteiger partial charge in [-0.1, -0.05) is 37.3 Å². The average Bonchev–Trinajstić information content (AvgIpc) is 3.05. The standard InChI is InChI=1S/C16H16N2O2S/c1-9-7-11(9)15(20)18-16-12(14(17)19)8-13(21-16)10-5-3-2-4-6-10/h2-6,8-9,11H,7H2,1H3,(H2,17,19)(H,18,20)/t9-,11+/m1/s1. The number of primary amides is 1. The van der Waals surface area contributed by atoms with Crippen LogP contribution in [0.4, 0.5) is 5.00 Å². The fourth-order valence-corrected chi connectivity index (χ4v) is 3.38. The van der Waals surface area contributed by atoms with E-state index in [4.69, 9.17) is 5.73 Å². The van der Waals surface area contributed by atoms with E-state index in [1.807, 2.05) is 37.3 Å². The van der Waals surface area contributed by atoms with Crippen LogP contribution in [0.3, 0.4) is 0 Å². The molecule has 108 valence electrons. The molecule has 1 heterocycles. The van der Waals surface area contributed by atoms with Crippen molar-refractivity contribution in [2.75, 3.05) is 5.32 Å². The van der Waals surface area contributed by atoms with E-state index in [1.165, 1.54) is 11.3 Å². The highest BCUT2D eigenvalue weighted by atomic mass is 32.1. The Hall–Kier alpha value is -2.14. The normalized spacial score (nSPS) is 20.0. The molecule has 2 atom stereocenters. The van der Waals surface area contributed by atoms with Crippen LogP contribution in [-0.2, 0) is 4.79 Å². The summed E-state index contributed by atoms with van der Waals surface area (Å²) in [4.78, 5) is 24.5. The van der Waals surface area contributed by atoms with Crippen LogP contribution in [0.15, 0.2) is 36.4 Å². The highest BCUT2D eigenvalue weighted by Gasteiger charge is 2.39. The van der Waals surface area contributed by atoms with Gasteiger partial charge in [0.25, 0.3) is 5.91 Å². The molecule has 1 aromatic carbocycles. The number of benzene rings is 1. The van der Waals surface area contributed by atoms with Crippen molar-refractivity contribution in [2.45, 2.75) is 13.3 Å². The molecule has 0 radical (unpaired) electrons. The lowest BCUT2D eigenvalue weighted by Crippen LogP contribution is -2.17. The molecule has 3 rings (SSSR count). The highest BCUT2D eigenvalue weighted by molar-refractivity contribution is 7.20. The molecular weight excluding hydrogens is 284 g/mol. The minimum Gasteiger partial charge on any atom is -0.366 e. The summed E-state index contributed by atoms with van der Waals surface area (Å²) < 4.78 is 0. The number of amides is 2. The van der Waals surface area contributed by atoms with Crippen LogP contribution >= 0.6 is 11.3 Å². The number of nitrogens with one attached hydrogen (secondary N) is 1. The van der Waals surface area contributed by atoms with Gasteiger partial charge in [0, 0.05) is 10.8 Å². The van der Waals surface area contributed by atoms with Gasteiger partial charge < -0.3 is 11.1 Å². The Balaban J connectivity index is 1.90. The molecule has 21 heavy (non-hydrogen) atoms. The minimum atomic E-state index is -0.521. The van der Waals surface area contributed by atoms with Crippen LogP contribution < -0.4 is 11.1 Å². The molecule has 5 heteroatoms. The summed E-state index contributed by atoms with van der Waals surface area (Å²) in [6, 6.07) is 11.5. The number of nitrogens with two attached hydrogens (primary N) is 1. The number of hydrogen-bond acceptors (Lipinski definition) is 3. The van der Waals surface area contributed by atoms with Gasteiger partial charge in [-0.3, -0.25) is 9.59 Å². The van der Waals surface area contributed by atoms with Crippen molar-refractivity contribution in [3.63, 3.8) is 0 Å². The second kappa shape index (κ2) is 5.33. The lowest BCUT2D eigenvalue weighted by atomic mass is 10.1. The molecule has 4 nitrogen and oxygen atoms in total. The number of thiophene rings is 1. The molecule has 1 aromatic heterocycles. The minimum absolute atomic E-state index is 0.0218. The Morgan fingerprint density at radius 3 is 2.52 bits per heavy atom. The fraction of sp³-hybridized carbons (Fsp3) is 0.250. The lowest BCUT2D eigenvalue weighted by molar-refractivity contribution is -0.117. The first-order valence-corrected chi connectivity index (χ1v) is 7.68. The molecule has 1 aliphatic carbocycles. The van der Waals surface area contributed by atoms with Gasteiger partial charge >= 0.3 is 0 Å². The number of carbonyl (C=O) groups is 2. The van der Waals surface area contributed by atoms with Crippen molar-refractivity contribution in [1.82, 2.24) is 0 Å². The van der Waals surface area contributed by atoms with Crippen molar-refractivity contribution >= 4 is 28.2 Å². The van der Waals surface area contributed by atoms with Gasteiger partial charge in [0.1, 0.15) is 5.00 Å². The van der Waals surface area contributed by atoms with Gasteiger partial charge in [-0.05, 0) is 24.0 Å². The average molecular weight is 300 g/mol. The first-order chi connectivity index (χ1) is 10.1. The number of rotatable bonds is 4. The Kier molecular flexibility index (Phi) is 3.51.